The number of benzene rings is 4. The monoisotopic (exact) mass is 1210 g/mol. The van der Waals surface area contributed by atoms with Gasteiger partial charge in [0, 0.05) is 62.9 Å². The second-order valence-electron chi connectivity index (χ2n) is 23.6. The lowest BCUT2D eigenvalue weighted by molar-refractivity contribution is -0.143. The number of nitrogens with two attached hydrogens (primary N) is 1. The number of Topliss-reactive ketones (excluding diaryl/α,β-unsaturated/α-hetero) is 3. The van der Waals surface area contributed by atoms with Crippen LogP contribution in [-0.2, 0) is 67.2 Å². The van der Waals surface area contributed by atoms with Crippen LogP contribution in [0.5, 0.6) is 5.75 Å². The first kappa shape index (κ1) is 72.4. The first-order valence-electron chi connectivity index (χ1n) is 31.1. The van der Waals surface area contributed by atoms with Crippen LogP contribution in [0, 0.1) is 23.7 Å². The lowest BCUT2D eigenvalue weighted by Gasteiger charge is -2.26. The molecule has 4 aromatic rings. The summed E-state index contributed by atoms with van der Waals surface area (Å²) >= 11 is 0. The lowest BCUT2D eigenvalue weighted by Crippen LogP contribution is -2.48. The molecule has 8 N–H and O–H groups in total. The second-order valence-corrected chi connectivity index (χ2v) is 23.6. The van der Waals surface area contributed by atoms with Crippen molar-refractivity contribution in [1.82, 2.24) is 31.9 Å². The molecule has 4 aromatic carbocycles. The Kier molecular flexibility index (Phi) is 32.1. The molecule has 0 spiro atoms. The molecule has 4 amide bonds. The van der Waals surface area contributed by atoms with Crippen LogP contribution in [0.2, 0.25) is 0 Å². The Hall–Kier alpha value is -8.06. The van der Waals surface area contributed by atoms with Gasteiger partial charge in [-0.1, -0.05) is 124 Å². The molecule has 478 valence electrons. The molecule has 0 aliphatic rings. The highest BCUT2D eigenvalue weighted by Gasteiger charge is 2.34. The average Bonchev–Trinajstić information content (AvgIpc) is 2.15. The summed E-state index contributed by atoms with van der Waals surface area (Å²) in [5, 5.41) is 19.5. The van der Waals surface area contributed by atoms with Gasteiger partial charge in [-0.2, -0.15) is 0 Å². The Morgan fingerprint density at radius 2 is 1.24 bits per heavy atom. The van der Waals surface area contributed by atoms with E-state index < -0.39 is 89.2 Å². The number of fused-ring (bicyclic) bond motifs is 1. The van der Waals surface area contributed by atoms with E-state index in [-0.39, 0.29) is 88.6 Å². The van der Waals surface area contributed by atoms with Gasteiger partial charge in [0.2, 0.25) is 23.6 Å². The molecule has 0 aliphatic heterocycles. The second kappa shape index (κ2) is 39.0. The van der Waals surface area contributed by atoms with Crippen molar-refractivity contribution in [1.29, 1.82) is 0 Å². The molecule has 0 heterocycles. The summed E-state index contributed by atoms with van der Waals surface area (Å²) in [7, 11) is 3.36. The summed E-state index contributed by atoms with van der Waals surface area (Å²) in [5.41, 5.74) is 8.00. The maximum atomic E-state index is 15.0. The maximum Gasteiger partial charge on any atom is 0.306 e. The first-order valence-corrected chi connectivity index (χ1v) is 31.1. The summed E-state index contributed by atoms with van der Waals surface area (Å²) in [6.45, 7) is 13.6. The fourth-order valence-electron chi connectivity index (χ4n) is 10.3. The number of esters is 1. The number of carbonyl (C=O) groups is 9. The van der Waals surface area contributed by atoms with E-state index in [0.29, 0.717) is 63.5 Å². The quantitative estimate of drug-likeness (QED) is 0.00563. The van der Waals surface area contributed by atoms with Gasteiger partial charge < -0.3 is 51.9 Å². The minimum Gasteiger partial charge on any atom is -0.488 e. The number of aliphatic imine (C=N–C) groups is 1. The van der Waals surface area contributed by atoms with E-state index in [9.17, 15) is 38.4 Å². The molecule has 0 fully saturated rings. The number of rotatable bonds is 42. The Morgan fingerprint density at radius 3 is 1.90 bits per heavy atom. The van der Waals surface area contributed by atoms with Crippen molar-refractivity contribution in [2.24, 2.45) is 34.4 Å². The first-order chi connectivity index (χ1) is 42.2. The normalized spacial score (nSPS) is 13.9. The number of ketones is 3. The zero-order valence-electron chi connectivity index (χ0n) is 52.8. The van der Waals surface area contributed by atoms with Crippen molar-refractivity contribution in [2.45, 2.75) is 161 Å². The molecule has 0 aliphatic carbocycles. The number of nitrogens with one attached hydrogen (secondary N) is 6. The van der Waals surface area contributed by atoms with Crippen LogP contribution in [0.3, 0.4) is 0 Å². The third-order valence-corrected chi connectivity index (χ3v) is 15.2. The zero-order valence-corrected chi connectivity index (χ0v) is 52.8. The molecule has 0 unspecified atom stereocenters. The van der Waals surface area contributed by atoms with Gasteiger partial charge in [0.1, 0.15) is 24.2 Å². The molecule has 19 nitrogen and oxygen atoms in total. The summed E-state index contributed by atoms with van der Waals surface area (Å²) in [5.74, 6) is -6.64. The van der Waals surface area contributed by atoms with Crippen molar-refractivity contribution in [3.05, 3.63) is 126 Å². The van der Waals surface area contributed by atoms with Crippen LogP contribution in [0.4, 0.5) is 0 Å². The number of hydrogen-bond acceptors (Lipinski definition) is 13. The number of amides is 4. The Morgan fingerprint density at radius 1 is 0.625 bits per heavy atom. The standard InChI is InChI=1S/C69H96N8O11/c1-9-20-56(46-78)75-66(85)54(31-34-63(82)87-37-10-2)42-57(79)45-74-64(83)55(40-49-27-30-51-23-15-16-24-52(51)39-49)44-61(80)59(26-19-36-73-68(70)72-8)76-67(86)53(25-17-18-35-71-7)43-62(81)60(41-48-28-32-58(33-29-48)88-69(4,5)6)77-65(84)50(11-3)38-47-21-13-12-14-22-47/h10,12-16,21-24,27-30,32-33,39,46,50,53-56,59-60,71H,2,9,11,17-20,25-26,31,34-38,40-45H2,1,3-8H3,(H,74,83)(H,75,85)(H,76,86)(H,77,84)(H3,70,72,73)/t50-,53+,54-,55+,56-,59+,60-/m0/s1. The van der Waals surface area contributed by atoms with Gasteiger partial charge in [0.25, 0.3) is 0 Å². The Balaban J connectivity index is 1.67. The van der Waals surface area contributed by atoms with E-state index in [0.717, 1.165) is 27.5 Å². The topological polar surface area (TPSA) is 283 Å². The molecular formula is C69H96N8O11. The smallest absolute Gasteiger partial charge is 0.306 e. The summed E-state index contributed by atoms with van der Waals surface area (Å²) in [6.07, 6.45) is 4.91. The van der Waals surface area contributed by atoms with Gasteiger partial charge in [0.05, 0.1) is 24.7 Å². The summed E-state index contributed by atoms with van der Waals surface area (Å²) in [6, 6.07) is 27.5. The number of unbranched alkanes of at least 4 members (excludes halogenated alkanes) is 1. The van der Waals surface area contributed by atoms with Gasteiger partial charge in [-0.15, -0.1) is 0 Å². The van der Waals surface area contributed by atoms with Crippen LogP contribution in [0.25, 0.3) is 10.8 Å². The fraction of sp³-hybridized carbons (Fsp3) is 0.507. The third-order valence-electron chi connectivity index (χ3n) is 15.2. The highest BCUT2D eigenvalue weighted by atomic mass is 16.5. The van der Waals surface area contributed by atoms with E-state index >= 15 is 4.79 Å². The van der Waals surface area contributed by atoms with Crippen LogP contribution in [0.15, 0.2) is 115 Å². The SMILES string of the molecule is C=CCOC(=O)CC[C@@H](CC(=O)CNC(=O)[C@@H](CC(=O)[C@@H](CCCNC(N)=NC)NC(=O)[C@H](CCCCNC)CC(=O)[C@H](Cc1ccc(OC(C)(C)C)cc1)NC(=O)[C@@H](CC)Cc1ccccc1)Cc1ccc2ccccc2c1)C(=O)N[C@H](C=O)CCC. The van der Waals surface area contributed by atoms with Gasteiger partial charge in [-0.3, -0.25) is 43.3 Å². The predicted octanol–water partition coefficient (Wildman–Crippen LogP) is 7.58. The largest absolute Gasteiger partial charge is 0.488 e. The van der Waals surface area contributed by atoms with Crippen molar-refractivity contribution in [3.63, 3.8) is 0 Å². The van der Waals surface area contributed by atoms with Crippen LogP contribution in [0.1, 0.15) is 135 Å². The highest BCUT2D eigenvalue weighted by Crippen LogP contribution is 2.25. The zero-order chi connectivity index (χ0) is 64.4. The predicted molar refractivity (Wildman–Crippen MR) is 344 cm³/mol. The van der Waals surface area contributed by atoms with E-state index in [4.69, 9.17) is 15.2 Å². The molecule has 7 atom stereocenters. The molecule has 0 radical (unpaired) electrons. The van der Waals surface area contributed by atoms with E-state index in [1.54, 1.807) is 0 Å². The molecule has 4 rings (SSSR count). The number of ether oxygens (including phenoxy) is 2. The van der Waals surface area contributed by atoms with Crippen LogP contribution >= 0.6 is 0 Å². The average molecular weight is 1210 g/mol. The van der Waals surface area contributed by atoms with Gasteiger partial charge in [-0.25, -0.2) is 0 Å². The molecule has 0 saturated heterocycles. The van der Waals surface area contributed by atoms with E-state index in [1.807, 2.05) is 139 Å². The molecule has 0 bridgehead atoms. The van der Waals surface area contributed by atoms with E-state index in [1.165, 1.54) is 13.1 Å². The Bertz CT molecular complexity index is 2930. The van der Waals surface area contributed by atoms with Crippen LogP contribution in [-0.4, -0.2) is 123 Å². The van der Waals surface area contributed by atoms with Crippen molar-refractivity contribution < 1.29 is 52.6 Å². The Labute approximate surface area is 520 Å². The maximum absolute atomic E-state index is 15.0. The van der Waals surface area contributed by atoms with Crippen LogP contribution < -0.4 is 42.4 Å². The molecule has 0 aromatic heterocycles. The van der Waals surface area contributed by atoms with Crippen molar-refractivity contribution in [3.8, 4) is 5.75 Å². The molecule has 0 saturated carbocycles. The van der Waals surface area contributed by atoms with Gasteiger partial charge in [0.15, 0.2) is 23.3 Å². The number of hydrogen-bond donors (Lipinski definition) is 7. The summed E-state index contributed by atoms with van der Waals surface area (Å²) in [4.78, 5) is 129. The third kappa shape index (κ3) is 26.9. The lowest BCUT2D eigenvalue weighted by atomic mass is 9.88. The van der Waals surface area contributed by atoms with Gasteiger partial charge >= 0.3 is 5.97 Å². The minimum atomic E-state index is -1.15. The number of aldehydes is 1. The summed E-state index contributed by atoms with van der Waals surface area (Å²) < 4.78 is 11.2. The molecule has 19 heteroatoms. The molecule has 88 heavy (non-hydrogen) atoms. The minimum absolute atomic E-state index is 0.0378. The van der Waals surface area contributed by atoms with Gasteiger partial charge in [-0.05, 0) is 138 Å². The van der Waals surface area contributed by atoms with Crippen molar-refractivity contribution >= 4 is 70.0 Å². The number of nitrogens with zero attached hydrogens (tertiary/aromatic N) is 1. The van der Waals surface area contributed by atoms with Crippen molar-refractivity contribution in [2.75, 3.05) is 40.3 Å². The number of guanidine groups is 1. The highest BCUT2D eigenvalue weighted by molar-refractivity contribution is 5.97. The molecular weight excluding hydrogens is 1120 g/mol. The van der Waals surface area contributed by atoms with E-state index in [2.05, 4.69) is 43.5 Å². The fourth-order valence-corrected chi connectivity index (χ4v) is 10.3. The number of carbonyl (C=O) groups excluding carboxylic acids is 9.